The Morgan fingerprint density at radius 3 is 2.33 bits per heavy atom. The molecule has 1 aromatic carbocycles. The molecular weight excluding hydrogens is 328 g/mol. The summed E-state index contributed by atoms with van der Waals surface area (Å²) in [6, 6.07) is 8.86. The van der Waals surface area contributed by atoms with Crippen molar-refractivity contribution in [2.45, 2.75) is 85.5 Å². The SMILES string of the molecule is CCCCCCCC(Cc1ccc(OC)cc1)[C@@H]1C[C@@H]2C[C@H]([C@H]1C)C2(C)C. The van der Waals surface area contributed by atoms with Gasteiger partial charge in [0.25, 0.3) is 0 Å². The lowest BCUT2D eigenvalue weighted by Crippen LogP contribution is -2.56. The van der Waals surface area contributed by atoms with Crippen LogP contribution in [0.1, 0.15) is 84.6 Å². The molecule has 4 rings (SSSR count). The number of hydrogen-bond acceptors (Lipinski definition) is 1. The van der Waals surface area contributed by atoms with E-state index in [2.05, 4.69) is 52.0 Å². The summed E-state index contributed by atoms with van der Waals surface area (Å²) < 4.78 is 5.35. The molecule has 0 saturated heterocycles. The van der Waals surface area contributed by atoms with Crippen molar-refractivity contribution in [2.24, 2.45) is 35.0 Å². The van der Waals surface area contributed by atoms with Crippen LogP contribution in [0.5, 0.6) is 5.75 Å². The van der Waals surface area contributed by atoms with E-state index in [1.54, 1.807) is 7.11 Å². The summed E-state index contributed by atoms with van der Waals surface area (Å²) in [5.74, 6) is 5.58. The quantitative estimate of drug-likeness (QED) is 0.387. The highest BCUT2D eigenvalue weighted by atomic mass is 16.5. The van der Waals surface area contributed by atoms with Crippen LogP contribution < -0.4 is 4.74 Å². The molecule has 2 bridgehead atoms. The van der Waals surface area contributed by atoms with E-state index in [0.717, 1.165) is 35.3 Å². The van der Waals surface area contributed by atoms with Crippen LogP contribution in [-0.4, -0.2) is 7.11 Å². The predicted molar refractivity (Wildman–Crippen MR) is 116 cm³/mol. The average molecular weight is 371 g/mol. The largest absolute Gasteiger partial charge is 0.497 e. The molecule has 0 radical (unpaired) electrons. The van der Waals surface area contributed by atoms with Gasteiger partial charge in [-0.3, -0.25) is 0 Å². The van der Waals surface area contributed by atoms with Gasteiger partial charge in [-0.05, 0) is 78.4 Å². The molecule has 0 aromatic heterocycles. The Morgan fingerprint density at radius 1 is 1.04 bits per heavy atom. The molecule has 1 unspecified atom stereocenters. The summed E-state index contributed by atoms with van der Waals surface area (Å²) in [5.41, 5.74) is 2.10. The van der Waals surface area contributed by atoms with Crippen molar-refractivity contribution in [2.75, 3.05) is 7.11 Å². The van der Waals surface area contributed by atoms with E-state index in [4.69, 9.17) is 4.74 Å². The molecule has 1 aromatic rings. The summed E-state index contributed by atoms with van der Waals surface area (Å²) >= 11 is 0. The molecule has 0 amide bonds. The summed E-state index contributed by atoms with van der Waals surface area (Å²) in [6.07, 6.45) is 12.7. The number of unbranched alkanes of at least 4 members (excludes halogenated alkanes) is 4. The fourth-order valence-corrected chi connectivity index (χ4v) is 6.35. The molecule has 3 aliphatic rings. The Morgan fingerprint density at radius 2 is 1.74 bits per heavy atom. The van der Waals surface area contributed by atoms with Crippen LogP contribution in [0.25, 0.3) is 0 Å². The highest BCUT2D eigenvalue weighted by Gasteiger charge is 2.56. The third-order valence-electron chi connectivity index (χ3n) is 8.35. The summed E-state index contributed by atoms with van der Waals surface area (Å²) in [6.45, 7) is 9.94. The van der Waals surface area contributed by atoms with Crippen molar-refractivity contribution in [3.05, 3.63) is 29.8 Å². The van der Waals surface area contributed by atoms with Crippen LogP contribution in [-0.2, 0) is 6.42 Å². The van der Waals surface area contributed by atoms with Crippen molar-refractivity contribution >= 4 is 0 Å². The van der Waals surface area contributed by atoms with Crippen LogP contribution in [0.15, 0.2) is 24.3 Å². The zero-order valence-corrected chi connectivity index (χ0v) is 18.5. The van der Waals surface area contributed by atoms with Gasteiger partial charge in [0.2, 0.25) is 0 Å². The molecule has 1 heteroatoms. The van der Waals surface area contributed by atoms with Crippen LogP contribution in [0.3, 0.4) is 0 Å². The first-order chi connectivity index (χ1) is 13.0. The van der Waals surface area contributed by atoms with E-state index in [1.165, 1.54) is 63.4 Å². The topological polar surface area (TPSA) is 9.23 Å². The van der Waals surface area contributed by atoms with Crippen molar-refractivity contribution in [3.8, 4) is 5.75 Å². The summed E-state index contributed by atoms with van der Waals surface area (Å²) in [5, 5.41) is 0. The van der Waals surface area contributed by atoms with E-state index in [-0.39, 0.29) is 0 Å². The molecular formula is C26H42O. The van der Waals surface area contributed by atoms with Gasteiger partial charge in [0.05, 0.1) is 7.11 Å². The van der Waals surface area contributed by atoms with Crippen molar-refractivity contribution < 1.29 is 4.74 Å². The average Bonchev–Trinajstić information content (AvgIpc) is 2.67. The zero-order chi connectivity index (χ0) is 19.4. The third-order valence-corrected chi connectivity index (χ3v) is 8.35. The van der Waals surface area contributed by atoms with Gasteiger partial charge >= 0.3 is 0 Å². The number of ether oxygens (including phenoxy) is 1. The monoisotopic (exact) mass is 370 g/mol. The normalized spacial score (nSPS) is 29.8. The number of rotatable bonds is 10. The molecule has 3 fully saturated rings. The minimum Gasteiger partial charge on any atom is -0.497 e. The highest BCUT2D eigenvalue weighted by molar-refractivity contribution is 5.27. The maximum Gasteiger partial charge on any atom is 0.118 e. The lowest BCUT2D eigenvalue weighted by atomic mass is 9.42. The molecule has 0 N–H and O–H groups in total. The van der Waals surface area contributed by atoms with Crippen LogP contribution in [0, 0.1) is 35.0 Å². The van der Waals surface area contributed by atoms with Gasteiger partial charge in [-0.1, -0.05) is 71.9 Å². The van der Waals surface area contributed by atoms with Crippen LogP contribution >= 0.6 is 0 Å². The van der Waals surface area contributed by atoms with Crippen molar-refractivity contribution in [3.63, 3.8) is 0 Å². The maximum atomic E-state index is 5.35. The van der Waals surface area contributed by atoms with Gasteiger partial charge in [0.1, 0.15) is 5.75 Å². The van der Waals surface area contributed by atoms with Crippen molar-refractivity contribution in [1.82, 2.24) is 0 Å². The number of fused-ring (bicyclic) bond motifs is 2. The molecule has 3 saturated carbocycles. The number of hydrogen-bond donors (Lipinski definition) is 0. The van der Waals surface area contributed by atoms with E-state index in [1.807, 2.05) is 0 Å². The molecule has 0 heterocycles. The number of methoxy groups -OCH3 is 1. The minimum atomic E-state index is 0.599. The van der Waals surface area contributed by atoms with Gasteiger partial charge in [-0.25, -0.2) is 0 Å². The molecule has 3 aliphatic carbocycles. The van der Waals surface area contributed by atoms with Gasteiger partial charge in [-0.15, -0.1) is 0 Å². The van der Waals surface area contributed by atoms with Gasteiger partial charge in [-0.2, -0.15) is 0 Å². The van der Waals surface area contributed by atoms with E-state index < -0.39 is 0 Å². The summed E-state index contributed by atoms with van der Waals surface area (Å²) in [4.78, 5) is 0. The standard InChI is InChI=1S/C26H42O/c1-6-7-8-9-10-11-21(16-20-12-14-23(27-5)15-13-20)24-17-22-18-25(19(24)2)26(22,3)4/h12-15,19,21-22,24-25H,6-11,16-18H2,1-5H3/t19-,21?,22+,24+,25+/m0/s1. The molecule has 5 atom stereocenters. The molecule has 0 aliphatic heterocycles. The second kappa shape index (κ2) is 9.01. The Hall–Kier alpha value is -0.980. The fraction of sp³-hybridized carbons (Fsp3) is 0.769. The molecule has 0 spiro atoms. The van der Waals surface area contributed by atoms with E-state index in [0.29, 0.717) is 5.41 Å². The van der Waals surface area contributed by atoms with E-state index in [9.17, 15) is 0 Å². The lowest BCUT2D eigenvalue weighted by Gasteiger charge is -2.63. The molecule has 152 valence electrons. The first kappa shape index (κ1) is 20.7. The smallest absolute Gasteiger partial charge is 0.118 e. The zero-order valence-electron chi connectivity index (χ0n) is 18.5. The van der Waals surface area contributed by atoms with Crippen LogP contribution in [0.2, 0.25) is 0 Å². The second-order valence-corrected chi connectivity index (χ2v) is 10.1. The van der Waals surface area contributed by atoms with Gasteiger partial charge < -0.3 is 4.74 Å². The Kier molecular flexibility index (Phi) is 6.93. The fourth-order valence-electron chi connectivity index (χ4n) is 6.35. The second-order valence-electron chi connectivity index (χ2n) is 10.1. The van der Waals surface area contributed by atoms with Gasteiger partial charge in [0, 0.05) is 0 Å². The van der Waals surface area contributed by atoms with Gasteiger partial charge in [0.15, 0.2) is 0 Å². The minimum absolute atomic E-state index is 0.599. The predicted octanol–water partition coefficient (Wildman–Crippen LogP) is 7.53. The Balaban J connectivity index is 1.65. The maximum absolute atomic E-state index is 5.35. The third kappa shape index (κ3) is 4.54. The number of benzene rings is 1. The Bertz CT molecular complexity index is 572. The lowest BCUT2D eigenvalue weighted by molar-refractivity contribution is -0.141. The Labute approximate surface area is 168 Å². The molecule has 1 nitrogen and oxygen atoms in total. The highest BCUT2D eigenvalue weighted by Crippen LogP contribution is 2.64. The van der Waals surface area contributed by atoms with Crippen LogP contribution in [0.4, 0.5) is 0 Å². The molecule has 27 heavy (non-hydrogen) atoms. The first-order valence-electron chi connectivity index (χ1n) is 11.6. The first-order valence-corrected chi connectivity index (χ1v) is 11.6. The van der Waals surface area contributed by atoms with Crippen molar-refractivity contribution in [1.29, 1.82) is 0 Å². The summed E-state index contributed by atoms with van der Waals surface area (Å²) in [7, 11) is 1.76. The van der Waals surface area contributed by atoms with E-state index >= 15 is 0 Å².